The Kier molecular flexibility index (Phi) is 3.71. The molecule has 0 radical (unpaired) electrons. The third kappa shape index (κ3) is 2.15. The highest BCUT2D eigenvalue weighted by Gasteiger charge is 2.24. The summed E-state index contributed by atoms with van der Waals surface area (Å²) in [6.45, 7) is 5.86. The number of allylic oxidation sites excluding steroid dienone is 2. The van der Waals surface area contributed by atoms with Gasteiger partial charge in [0.25, 0.3) is 0 Å². The molecule has 0 spiro atoms. The number of aryl methyl sites for hydroxylation is 1. The molecule has 18 heavy (non-hydrogen) atoms. The van der Waals surface area contributed by atoms with Gasteiger partial charge in [-0.25, -0.2) is 0 Å². The van der Waals surface area contributed by atoms with Gasteiger partial charge in [-0.3, -0.25) is 4.79 Å². The number of rotatable bonds is 3. The van der Waals surface area contributed by atoms with Crippen LogP contribution in [0.25, 0.3) is 11.6 Å². The molecular formula is C15H15BrO2. The van der Waals surface area contributed by atoms with Gasteiger partial charge in [0.1, 0.15) is 5.75 Å². The summed E-state index contributed by atoms with van der Waals surface area (Å²) in [5.41, 5.74) is 4.15. The smallest absolute Gasteiger partial charge is 0.170 e. The van der Waals surface area contributed by atoms with Crippen LogP contribution in [0.1, 0.15) is 29.5 Å². The van der Waals surface area contributed by atoms with E-state index in [0.29, 0.717) is 10.9 Å². The first kappa shape index (κ1) is 13.1. The Morgan fingerprint density at radius 2 is 2.11 bits per heavy atom. The van der Waals surface area contributed by atoms with E-state index in [1.54, 1.807) is 13.2 Å². The van der Waals surface area contributed by atoms with E-state index < -0.39 is 0 Å². The molecule has 94 valence electrons. The Morgan fingerprint density at radius 1 is 1.39 bits per heavy atom. The average molecular weight is 307 g/mol. The minimum Gasteiger partial charge on any atom is -0.496 e. The van der Waals surface area contributed by atoms with Gasteiger partial charge in [0.2, 0.25) is 0 Å². The summed E-state index contributed by atoms with van der Waals surface area (Å²) < 4.78 is 6.08. The van der Waals surface area contributed by atoms with Gasteiger partial charge in [-0.1, -0.05) is 18.7 Å². The molecule has 0 aromatic heterocycles. The van der Waals surface area contributed by atoms with Crippen molar-refractivity contribution in [1.29, 1.82) is 0 Å². The van der Waals surface area contributed by atoms with E-state index in [0.717, 1.165) is 34.4 Å². The fourth-order valence-electron chi connectivity index (χ4n) is 2.27. The lowest BCUT2D eigenvalue weighted by Crippen LogP contribution is -1.95. The van der Waals surface area contributed by atoms with E-state index in [4.69, 9.17) is 4.74 Å². The lowest BCUT2D eigenvalue weighted by atomic mass is 9.96. The third-order valence-electron chi connectivity index (χ3n) is 3.15. The molecule has 0 unspecified atom stereocenters. The maximum Gasteiger partial charge on any atom is 0.170 e. The van der Waals surface area contributed by atoms with Crippen LogP contribution in [0.2, 0.25) is 0 Å². The normalized spacial score (nSPS) is 15.2. The van der Waals surface area contributed by atoms with E-state index in [-0.39, 0.29) is 5.78 Å². The molecule has 1 aromatic rings. The summed E-state index contributed by atoms with van der Waals surface area (Å²) in [7, 11) is 1.65. The van der Waals surface area contributed by atoms with Gasteiger partial charge >= 0.3 is 0 Å². The SMILES string of the molecule is C=Cc1c(OC)cc(C)cc1C1=C(Br)C(=O)CC1. The van der Waals surface area contributed by atoms with Crippen molar-refractivity contribution in [3.8, 4) is 5.75 Å². The number of benzene rings is 1. The number of ketones is 1. The maximum absolute atomic E-state index is 11.6. The summed E-state index contributed by atoms with van der Waals surface area (Å²) in [5.74, 6) is 0.965. The van der Waals surface area contributed by atoms with Crippen molar-refractivity contribution < 1.29 is 9.53 Å². The molecule has 0 saturated heterocycles. The molecule has 0 aliphatic heterocycles. The Hall–Kier alpha value is -1.35. The van der Waals surface area contributed by atoms with Crippen molar-refractivity contribution in [2.75, 3.05) is 7.11 Å². The number of halogens is 1. The van der Waals surface area contributed by atoms with Crippen molar-refractivity contribution >= 4 is 33.4 Å². The minimum atomic E-state index is 0.167. The van der Waals surface area contributed by atoms with Crippen LogP contribution in [0.4, 0.5) is 0 Å². The highest BCUT2D eigenvalue weighted by Crippen LogP contribution is 2.39. The molecule has 0 heterocycles. The summed E-state index contributed by atoms with van der Waals surface area (Å²) in [5, 5.41) is 0. The predicted octanol–water partition coefficient (Wildman–Crippen LogP) is 4.12. The van der Waals surface area contributed by atoms with Gasteiger partial charge in [-0.2, -0.15) is 0 Å². The predicted molar refractivity (Wildman–Crippen MR) is 77.9 cm³/mol. The highest BCUT2D eigenvalue weighted by molar-refractivity contribution is 9.12. The molecular weight excluding hydrogens is 292 g/mol. The van der Waals surface area contributed by atoms with E-state index in [1.807, 2.05) is 13.0 Å². The van der Waals surface area contributed by atoms with Crippen LogP contribution in [0.5, 0.6) is 5.75 Å². The molecule has 2 rings (SSSR count). The van der Waals surface area contributed by atoms with Crippen LogP contribution in [-0.2, 0) is 4.79 Å². The average Bonchev–Trinajstić information content (AvgIpc) is 2.69. The molecule has 1 aliphatic carbocycles. The lowest BCUT2D eigenvalue weighted by Gasteiger charge is -2.13. The molecule has 0 atom stereocenters. The highest BCUT2D eigenvalue weighted by atomic mass is 79.9. The Morgan fingerprint density at radius 3 is 2.61 bits per heavy atom. The minimum absolute atomic E-state index is 0.167. The van der Waals surface area contributed by atoms with Crippen LogP contribution in [-0.4, -0.2) is 12.9 Å². The third-order valence-corrected chi connectivity index (χ3v) is 4.07. The fourth-order valence-corrected chi connectivity index (χ4v) is 2.88. The maximum atomic E-state index is 11.6. The molecule has 1 aromatic carbocycles. The van der Waals surface area contributed by atoms with Gasteiger partial charge in [-0.05, 0) is 52.0 Å². The fraction of sp³-hybridized carbons (Fsp3) is 0.267. The lowest BCUT2D eigenvalue weighted by molar-refractivity contribution is -0.114. The molecule has 0 N–H and O–H groups in total. The van der Waals surface area contributed by atoms with Crippen molar-refractivity contribution in [3.63, 3.8) is 0 Å². The topological polar surface area (TPSA) is 26.3 Å². The first-order valence-electron chi connectivity index (χ1n) is 5.81. The zero-order valence-electron chi connectivity index (χ0n) is 10.5. The second-order valence-corrected chi connectivity index (χ2v) is 5.14. The van der Waals surface area contributed by atoms with Crippen molar-refractivity contribution in [1.82, 2.24) is 0 Å². The molecule has 2 nitrogen and oxygen atoms in total. The molecule has 0 fully saturated rings. The number of hydrogen-bond acceptors (Lipinski definition) is 2. The number of carbonyl (C=O) groups is 1. The standard InChI is InChI=1S/C15H15BrO2/c1-4-10-12(7-9(2)8-14(10)18-3)11-5-6-13(17)15(11)16/h4,7-8H,1,5-6H2,2-3H3. The van der Waals surface area contributed by atoms with Crippen molar-refractivity contribution in [2.24, 2.45) is 0 Å². The number of Topliss-reactive ketones (excluding diaryl/α,β-unsaturated/α-hetero) is 1. The van der Waals surface area contributed by atoms with E-state index in [2.05, 4.69) is 28.6 Å². The molecule has 0 saturated carbocycles. The number of methoxy groups -OCH3 is 1. The van der Waals surface area contributed by atoms with Gasteiger partial charge in [0.05, 0.1) is 11.6 Å². The summed E-state index contributed by atoms with van der Waals surface area (Å²) in [6.07, 6.45) is 3.12. The molecule has 0 bridgehead atoms. The number of carbonyl (C=O) groups excluding carboxylic acids is 1. The van der Waals surface area contributed by atoms with Crippen LogP contribution < -0.4 is 4.74 Å². The quantitative estimate of drug-likeness (QED) is 0.840. The summed E-state index contributed by atoms with van der Waals surface area (Å²) >= 11 is 3.40. The van der Waals surface area contributed by atoms with Gasteiger partial charge in [0.15, 0.2) is 5.78 Å². The Balaban J connectivity index is 2.67. The van der Waals surface area contributed by atoms with Crippen LogP contribution in [0.15, 0.2) is 23.2 Å². The van der Waals surface area contributed by atoms with Crippen molar-refractivity contribution in [3.05, 3.63) is 39.9 Å². The van der Waals surface area contributed by atoms with E-state index >= 15 is 0 Å². The summed E-state index contributed by atoms with van der Waals surface area (Å²) in [6, 6.07) is 4.06. The van der Waals surface area contributed by atoms with Crippen LogP contribution in [0, 0.1) is 6.92 Å². The van der Waals surface area contributed by atoms with Gasteiger partial charge < -0.3 is 4.74 Å². The molecule has 1 aliphatic rings. The van der Waals surface area contributed by atoms with E-state index in [9.17, 15) is 4.79 Å². The molecule has 0 amide bonds. The summed E-state index contributed by atoms with van der Waals surface area (Å²) in [4.78, 5) is 11.6. The first-order chi connectivity index (χ1) is 8.58. The number of ether oxygens (including phenoxy) is 1. The van der Waals surface area contributed by atoms with Gasteiger partial charge in [-0.15, -0.1) is 0 Å². The van der Waals surface area contributed by atoms with E-state index in [1.165, 1.54) is 0 Å². The van der Waals surface area contributed by atoms with Crippen molar-refractivity contribution in [2.45, 2.75) is 19.8 Å². The zero-order chi connectivity index (χ0) is 13.3. The monoisotopic (exact) mass is 306 g/mol. The second-order valence-electron chi connectivity index (χ2n) is 4.35. The Labute approximate surface area is 115 Å². The zero-order valence-corrected chi connectivity index (χ0v) is 12.1. The number of hydrogen-bond donors (Lipinski definition) is 0. The Bertz CT molecular complexity index is 556. The second kappa shape index (κ2) is 5.11. The molecule has 3 heteroatoms. The van der Waals surface area contributed by atoms with Gasteiger partial charge in [0, 0.05) is 12.0 Å². The largest absolute Gasteiger partial charge is 0.496 e. The van der Waals surface area contributed by atoms with Crippen LogP contribution >= 0.6 is 15.9 Å². The van der Waals surface area contributed by atoms with Crippen LogP contribution in [0.3, 0.4) is 0 Å². The first-order valence-corrected chi connectivity index (χ1v) is 6.61.